The van der Waals surface area contributed by atoms with Gasteiger partial charge in [-0.05, 0) is 18.1 Å². The Balaban J connectivity index is 2.02. The molecule has 1 aromatic heterocycles. The van der Waals surface area contributed by atoms with Crippen LogP contribution < -0.4 is 5.73 Å². The molecule has 2 aromatic rings. The second-order valence-electron chi connectivity index (χ2n) is 5.32. The van der Waals surface area contributed by atoms with Crippen LogP contribution in [0, 0.1) is 11.7 Å². The summed E-state index contributed by atoms with van der Waals surface area (Å²) < 4.78 is 19.4. The van der Waals surface area contributed by atoms with Crippen molar-refractivity contribution in [1.82, 2.24) is 5.16 Å². The average Bonchev–Trinajstić information content (AvgIpc) is 3.03. The Bertz CT molecular complexity index is 600. The Morgan fingerprint density at radius 2 is 2.05 bits per heavy atom. The van der Waals surface area contributed by atoms with Crippen LogP contribution in [-0.4, -0.2) is 5.16 Å². The van der Waals surface area contributed by atoms with Gasteiger partial charge in [0.2, 0.25) is 0 Å². The molecule has 106 valence electrons. The molecule has 1 aliphatic rings. The highest BCUT2D eigenvalue weighted by atomic mass is 35.5. The molecule has 0 bridgehead atoms. The minimum absolute atomic E-state index is 0.199. The molecule has 0 spiro atoms. The van der Waals surface area contributed by atoms with Gasteiger partial charge in [0, 0.05) is 12.0 Å². The van der Waals surface area contributed by atoms with Gasteiger partial charge >= 0.3 is 0 Å². The number of anilines is 1. The van der Waals surface area contributed by atoms with Gasteiger partial charge < -0.3 is 10.3 Å². The molecule has 1 saturated carbocycles. The zero-order valence-corrected chi connectivity index (χ0v) is 11.8. The smallest absolute Gasteiger partial charge is 0.175 e. The first-order valence-electron chi connectivity index (χ1n) is 6.85. The van der Waals surface area contributed by atoms with Gasteiger partial charge in [0.25, 0.3) is 0 Å². The van der Waals surface area contributed by atoms with Crippen LogP contribution in [-0.2, 0) is 6.42 Å². The Morgan fingerprint density at radius 3 is 2.75 bits per heavy atom. The maximum Gasteiger partial charge on any atom is 0.175 e. The average molecular weight is 295 g/mol. The largest absolute Gasteiger partial charge is 0.380 e. The van der Waals surface area contributed by atoms with E-state index in [-0.39, 0.29) is 5.82 Å². The SMILES string of the molecule is Nc1noc(CC2CCCC2)c1-c1c(F)cccc1Cl. The maximum atomic E-state index is 14.1. The summed E-state index contributed by atoms with van der Waals surface area (Å²) in [5.41, 5.74) is 6.66. The number of hydrogen-bond donors (Lipinski definition) is 1. The van der Waals surface area contributed by atoms with E-state index >= 15 is 0 Å². The van der Waals surface area contributed by atoms with E-state index in [4.69, 9.17) is 21.9 Å². The summed E-state index contributed by atoms with van der Waals surface area (Å²) >= 11 is 6.12. The van der Waals surface area contributed by atoms with Gasteiger partial charge in [-0.25, -0.2) is 4.39 Å². The standard InChI is InChI=1S/C15H16ClFN2O/c16-10-6-3-7-11(17)13(10)14-12(20-19-15(14)18)8-9-4-1-2-5-9/h3,6-7,9H,1-2,4-5,8H2,(H2,18,19). The summed E-state index contributed by atoms with van der Waals surface area (Å²) in [4.78, 5) is 0. The molecule has 20 heavy (non-hydrogen) atoms. The van der Waals surface area contributed by atoms with Gasteiger partial charge in [-0.1, -0.05) is 48.5 Å². The van der Waals surface area contributed by atoms with Crippen molar-refractivity contribution in [3.63, 3.8) is 0 Å². The van der Waals surface area contributed by atoms with E-state index in [1.807, 2.05) is 0 Å². The van der Waals surface area contributed by atoms with E-state index in [9.17, 15) is 4.39 Å². The summed E-state index contributed by atoms with van der Waals surface area (Å²) in [6, 6.07) is 4.58. The molecule has 1 heterocycles. The number of aromatic nitrogens is 1. The first-order chi connectivity index (χ1) is 9.66. The highest BCUT2D eigenvalue weighted by molar-refractivity contribution is 6.33. The van der Waals surface area contributed by atoms with Crippen LogP contribution in [0.2, 0.25) is 5.02 Å². The van der Waals surface area contributed by atoms with Crippen molar-refractivity contribution in [2.75, 3.05) is 5.73 Å². The highest BCUT2D eigenvalue weighted by Gasteiger charge is 2.25. The molecule has 5 heteroatoms. The van der Waals surface area contributed by atoms with E-state index in [0.717, 1.165) is 6.42 Å². The minimum Gasteiger partial charge on any atom is -0.380 e. The fourth-order valence-corrected chi connectivity index (χ4v) is 3.22. The lowest BCUT2D eigenvalue weighted by atomic mass is 9.97. The molecule has 3 nitrogen and oxygen atoms in total. The fourth-order valence-electron chi connectivity index (χ4n) is 2.96. The van der Waals surface area contributed by atoms with E-state index < -0.39 is 5.82 Å². The number of hydrogen-bond acceptors (Lipinski definition) is 3. The van der Waals surface area contributed by atoms with Crippen LogP contribution in [0.25, 0.3) is 11.1 Å². The molecule has 0 radical (unpaired) electrons. The predicted octanol–water partition coefficient (Wildman–Crippen LogP) is 4.45. The van der Waals surface area contributed by atoms with E-state index in [0.29, 0.717) is 27.8 Å². The molecule has 0 unspecified atom stereocenters. The lowest BCUT2D eigenvalue weighted by Gasteiger charge is -2.09. The van der Waals surface area contributed by atoms with Crippen molar-refractivity contribution in [3.05, 3.63) is 34.8 Å². The molecule has 1 aromatic carbocycles. The fraction of sp³-hybridized carbons (Fsp3) is 0.400. The molecule has 0 amide bonds. The zero-order chi connectivity index (χ0) is 14.1. The van der Waals surface area contributed by atoms with Crippen molar-refractivity contribution < 1.29 is 8.91 Å². The topological polar surface area (TPSA) is 52.0 Å². The Hall–Kier alpha value is -1.55. The molecular weight excluding hydrogens is 279 g/mol. The monoisotopic (exact) mass is 294 g/mol. The van der Waals surface area contributed by atoms with Gasteiger partial charge in [0.05, 0.1) is 10.6 Å². The molecule has 0 aliphatic heterocycles. The van der Waals surface area contributed by atoms with Gasteiger partial charge in [-0.3, -0.25) is 0 Å². The third-order valence-electron chi connectivity index (χ3n) is 3.95. The van der Waals surface area contributed by atoms with Crippen LogP contribution in [0.1, 0.15) is 31.4 Å². The number of halogens is 2. The summed E-state index contributed by atoms with van der Waals surface area (Å²) in [7, 11) is 0. The van der Waals surface area contributed by atoms with Crippen molar-refractivity contribution in [3.8, 4) is 11.1 Å². The first-order valence-corrected chi connectivity index (χ1v) is 7.23. The van der Waals surface area contributed by atoms with Gasteiger partial charge in [-0.2, -0.15) is 0 Å². The third-order valence-corrected chi connectivity index (χ3v) is 4.27. The number of benzene rings is 1. The first kappa shape index (κ1) is 13.4. The van der Waals surface area contributed by atoms with Crippen LogP contribution in [0.15, 0.2) is 22.7 Å². The number of nitrogens with zero attached hydrogens (tertiary/aromatic N) is 1. The number of rotatable bonds is 3. The number of nitrogens with two attached hydrogens (primary N) is 1. The second-order valence-corrected chi connectivity index (χ2v) is 5.72. The van der Waals surface area contributed by atoms with Crippen LogP contribution in [0.4, 0.5) is 10.2 Å². The van der Waals surface area contributed by atoms with Crippen LogP contribution in [0.3, 0.4) is 0 Å². The highest BCUT2D eigenvalue weighted by Crippen LogP contribution is 2.39. The van der Waals surface area contributed by atoms with Gasteiger partial charge in [-0.15, -0.1) is 0 Å². The molecule has 3 rings (SSSR count). The summed E-state index contributed by atoms with van der Waals surface area (Å²) in [5, 5.41) is 4.12. The summed E-state index contributed by atoms with van der Waals surface area (Å²) in [6.07, 6.45) is 5.56. The van der Waals surface area contributed by atoms with E-state index in [1.165, 1.54) is 31.7 Å². The molecular formula is C15H16ClFN2O. The maximum absolute atomic E-state index is 14.1. The van der Waals surface area contributed by atoms with Gasteiger partial charge in [0.15, 0.2) is 5.82 Å². The predicted molar refractivity (Wildman–Crippen MR) is 77.0 cm³/mol. The van der Waals surface area contributed by atoms with Crippen molar-refractivity contribution in [2.45, 2.75) is 32.1 Å². The second kappa shape index (κ2) is 5.44. The summed E-state index contributed by atoms with van der Waals surface area (Å²) in [6.45, 7) is 0. The molecule has 2 N–H and O–H groups in total. The Morgan fingerprint density at radius 1 is 1.30 bits per heavy atom. The van der Waals surface area contributed by atoms with Gasteiger partial charge in [0.1, 0.15) is 11.6 Å². The third kappa shape index (κ3) is 2.40. The molecule has 0 saturated heterocycles. The molecule has 1 fully saturated rings. The Kier molecular flexibility index (Phi) is 3.66. The minimum atomic E-state index is -0.403. The Labute approximate surface area is 121 Å². The zero-order valence-electron chi connectivity index (χ0n) is 11.0. The van der Waals surface area contributed by atoms with Crippen LogP contribution >= 0.6 is 11.6 Å². The molecule has 0 atom stereocenters. The van der Waals surface area contributed by atoms with E-state index in [2.05, 4.69) is 5.16 Å². The normalized spacial score (nSPS) is 15.9. The number of nitrogen functional groups attached to an aromatic ring is 1. The quantitative estimate of drug-likeness (QED) is 0.910. The molecule has 1 aliphatic carbocycles. The van der Waals surface area contributed by atoms with Crippen molar-refractivity contribution >= 4 is 17.4 Å². The van der Waals surface area contributed by atoms with E-state index in [1.54, 1.807) is 12.1 Å². The van der Waals surface area contributed by atoms with Crippen molar-refractivity contribution in [2.24, 2.45) is 5.92 Å². The lowest BCUT2D eigenvalue weighted by Crippen LogP contribution is -2.00. The summed E-state index contributed by atoms with van der Waals surface area (Å²) in [5.74, 6) is 0.998. The van der Waals surface area contributed by atoms with Crippen molar-refractivity contribution in [1.29, 1.82) is 0 Å². The lowest BCUT2D eigenvalue weighted by molar-refractivity contribution is 0.362. The van der Waals surface area contributed by atoms with Crippen LogP contribution in [0.5, 0.6) is 0 Å².